The fourth-order valence-electron chi connectivity index (χ4n) is 2.07. The third kappa shape index (κ3) is 2.28. The Labute approximate surface area is 109 Å². The van der Waals surface area contributed by atoms with Gasteiger partial charge in [0.25, 0.3) is 0 Å². The average Bonchev–Trinajstić information content (AvgIpc) is 3.05. The molecular weight excluding hydrogens is 248 g/mol. The van der Waals surface area contributed by atoms with Gasteiger partial charge in [0.15, 0.2) is 0 Å². The van der Waals surface area contributed by atoms with Gasteiger partial charge in [-0.1, -0.05) is 0 Å². The van der Waals surface area contributed by atoms with E-state index in [0.717, 1.165) is 36.1 Å². The maximum Gasteiger partial charge on any atom is 0.241 e. The number of nitrogens with one attached hydrogen (secondary N) is 1. The number of anilines is 1. The maximum absolute atomic E-state index is 11.8. The Morgan fingerprint density at radius 3 is 3.11 bits per heavy atom. The number of likely N-dealkylation sites (tertiary alicyclic amines) is 1. The molecule has 0 aromatic carbocycles. The molecule has 1 aliphatic rings. The van der Waals surface area contributed by atoms with Crippen molar-refractivity contribution in [2.45, 2.75) is 12.8 Å². The van der Waals surface area contributed by atoms with Crippen molar-refractivity contribution >= 4 is 33.4 Å². The van der Waals surface area contributed by atoms with Crippen molar-refractivity contribution in [2.75, 3.05) is 25.0 Å². The van der Waals surface area contributed by atoms with Crippen LogP contribution in [0.1, 0.15) is 12.8 Å². The highest BCUT2D eigenvalue weighted by atomic mass is 32.1. The van der Waals surface area contributed by atoms with Crippen molar-refractivity contribution in [1.29, 1.82) is 0 Å². The molecule has 5 nitrogen and oxygen atoms in total. The number of hydrogen-bond acceptors (Lipinski definition) is 5. The number of carbonyl (C=O) groups excluding carboxylic acids is 1. The Hall–Kier alpha value is -1.69. The number of aromatic nitrogens is 2. The summed E-state index contributed by atoms with van der Waals surface area (Å²) in [5.41, 5.74) is 0. The zero-order valence-corrected chi connectivity index (χ0v) is 10.7. The molecule has 2 aromatic heterocycles. The second-order valence-corrected chi connectivity index (χ2v) is 5.21. The fourth-order valence-corrected chi connectivity index (χ4v) is 2.81. The van der Waals surface area contributed by atoms with Crippen LogP contribution < -0.4 is 5.32 Å². The van der Waals surface area contributed by atoms with Gasteiger partial charge in [-0.2, -0.15) is 0 Å². The van der Waals surface area contributed by atoms with Crippen LogP contribution in [0.25, 0.3) is 10.2 Å². The lowest BCUT2D eigenvalue weighted by Gasteiger charge is -2.15. The standard InChI is InChI=1S/C12H14N4OS/c17-10(16-4-1-2-5-16)8-14-12-13-7-9-3-6-18-11(9)15-12/h3,6-7H,1-2,4-5,8H2,(H,13,14,15). The zero-order chi connectivity index (χ0) is 12.4. The van der Waals surface area contributed by atoms with E-state index in [1.165, 1.54) is 0 Å². The van der Waals surface area contributed by atoms with Gasteiger partial charge in [-0.3, -0.25) is 4.79 Å². The smallest absolute Gasteiger partial charge is 0.241 e. The molecule has 0 unspecified atom stereocenters. The largest absolute Gasteiger partial charge is 0.345 e. The van der Waals surface area contributed by atoms with Crippen LogP contribution in [0.4, 0.5) is 5.95 Å². The summed E-state index contributed by atoms with van der Waals surface area (Å²) in [7, 11) is 0. The SMILES string of the molecule is O=C(CNc1ncc2ccsc2n1)N1CCCC1. The van der Waals surface area contributed by atoms with E-state index < -0.39 is 0 Å². The molecule has 1 amide bonds. The highest BCUT2D eigenvalue weighted by Crippen LogP contribution is 2.18. The van der Waals surface area contributed by atoms with Crippen LogP contribution in [0, 0.1) is 0 Å². The number of fused-ring (bicyclic) bond motifs is 1. The molecule has 0 radical (unpaired) electrons. The number of carbonyl (C=O) groups is 1. The van der Waals surface area contributed by atoms with Crippen molar-refractivity contribution in [3.05, 3.63) is 17.6 Å². The average molecular weight is 262 g/mol. The van der Waals surface area contributed by atoms with Crippen molar-refractivity contribution in [3.8, 4) is 0 Å². The number of nitrogens with zero attached hydrogens (tertiary/aromatic N) is 3. The van der Waals surface area contributed by atoms with Crippen molar-refractivity contribution in [1.82, 2.24) is 14.9 Å². The van der Waals surface area contributed by atoms with E-state index in [2.05, 4.69) is 15.3 Å². The Bertz CT molecular complexity index is 562. The molecule has 0 spiro atoms. The normalized spacial score (nSPS) is 15.2. The van der Waals surface area contributed by atoms with Gasteiger partial charge in [0, 0.05) is 24.7 Å². The number of hydrogen-bond donors (Lipinski definition) is 1. The van der Waals surface area contributed by atoms with Gasteiger partial charge >= 0.3 is 0 Å². The summed E-state index contributed by atoms with van der Waals surface area (Å²) in [6, 6.07) is 1.99. The fraction of sp³-hybridized carbons (Fsp3) is 0.417. The van der Waals surface area contributed by atoms with E-state index in [0.29, 0.717) is 5.95 Å². The van der Waals surface area contributed by atoms with Crippen LogP contribution in [-0.4, -0.2) is 40.4 Å². The third-order valence-electron chi connectivity index (χ3n) is 3.06. The monoisotopic (exact) mass is 262 g/mol. The quantitative estimate of drug-likeness (QED) is 0.915. The van der Waals surface area contributed by atoms with Gasteiger partial charge in [-0.25, -0.2) is 9.97 Å². The van der Waals surface area contributed by atoms with Gasteiger partial charge < -0.3 is 10.2 Å². The first-order valence-corrected chi connectivity index (χ1v) is 6.93. The Kier molecular flexibility index (Phi) is 3.10. The molecule has 1 fully saturated rings. The van der Waals surface area contributed by atoms with Crippen LogP contribution in [0.2, 0.25) is 0 Å². The Morgan fingerprint density at radius 1 is 1.44 bits per heavy atom. The van der Waals surface area contributed by atoms with Crippen LogP contribution in [-0.2, 0) is 4.79 Å². The summed E-state index contributed by atoms with van der Waals surface area (Å²) < 4.78 is 0. The minimum absolute atomic E-state index is 0.127. The lowest BCUT2D eigenvalue weighted by Crippen LogP contribution is -2.33. The summed E-state index contributed by atoms with van der Waals surface area (Å²) in [6.07, 6.45) is 4.01. The van der Waals surface area contributed by atoms with Crippen molar-refractivity contribution < 1.29 is 4.79 Å². The lowest BCUT2D eigenvalue weighted by molar-refractivity contribution is -0.128. The molecule has 6 heteroatoms. The van der Waals surface area contributed by atoms with E-state index in [9.17, 15) is 4.79 Å². The predicted octanol–water partition coefficient (Wildman–Crippen LogP) is 1.73. The first-order chi connectivity index (χ1) is 8.83. The number of amides is 1. The molecule has 2 aromatic rings. The molecule has 3 heterocycles. The molecule has 1 N–H and O–H groups in total. The van der Waals surface area contributed by atoms with Crippen LogP contribution in [0.5, 0.6) is 0 Å². The van der Waals surface area contributed by atoms with E-state index in [1.54, 1.807) is 17.5 Å². The van der Waals surface area contributed by atoms with Gasteiger partial charge in [0.05, 0.1) is 6.54 Å². The van der Waals surface area contributed by atoms with E-state index in [4.69, 9.17) is 0 Å². The molecule has 18 heavy (non-hydrogen) atoms. The van der Waals surface area contributed by atoms with E-state index in [-0.39, 0.29) is 12.5 Å². The summed E-state index contributed by atoms with van der Waals surface area (Å²) >= 11 is 1.57. The van der Waals surface area contributed by atoms with Crippen LogP contribution in [0.15, 0.2) is 17.6 Å². The second-order valence-electron chi connectivity index (χ2n) is 4.32. The Balaban J connectivity index is 1.63. The second kappa shape index (κ2) is 4.89. The van der Waals surface area contributed by atoms with E-state index in [1.807, 2.05) is 16.3 Å². The minimum Gasteiger partial charge on any atom is -0.345 e. The number of rotatable bonds is 3. The maximum atomic E-state index is 11.8. The third-order valence-corrected chi connectivity index (χ3v) is 3.89. The molecule has 0 aliphatic carbocycles. The topological polar surface area (TPSA) is 58.1 Å². The highest BCUT2D eigenvalue weighted by molar-refractivity contribution is 7.16. The van der Waals surface area contributed by atoms with Gasteiger partial charge in [-0.05, 0) is 24.3 Å². The predicted molar refractivity (Wildman–Crippen MR) is 71.7 cm³/mol. The summed E-state index contributed by atoms with van der Waals surface area (Å²) in [5.74, 6) is 0.653. The van der Waals surface area contributed by atoms with Gasteiger partial charge in [0.2, 0.25) is 11.9 Å². The Morgan fingerprint density at radius 2 is 2.28 bits per heavy atom. The summed E-state index contributed by atoms with van der Waals surface area (Å²) in [5, 5.41) is 6.02. The highest BCUT2D eigenvalue weighted by Gasteiger charge is 2.17. The molecule has 94 valence electrons. The first-order valence-electron chi connectivity index (χ1n) is 6.05. The number of thiophene rings is 1. The molecule has 1 aliphatic heterocycles. The van der Waals surface area contributed by atoms with Crippen LogP contribution in [0.3, 0.4) is 0 Å². The zero-order valence-electron chi connectivity index (χ0n) is 9.93. The summed E-state index contributed by atoms with van der Waals surface area (Å²) in [6.45, 7) is 2.04. The van der Waals surface area contributed by atoms with Gasteiger partial charge in [-0.15, -0.1) is 11.3 Å². The lowest BCUT2D eigenvalue weighted by atomic mass is 10.4. The summed E-state index contributed by atoms with van der Waals surface area (Å²) in [4.78, 5) is 23.2. The van der Waals surface area contributed by atoms with Crippen LogP contribution >= 0.6 is 11.3 Å². The van der Waals surface area contributed by atoms with Crippen molar-refractivity contribution in [3.63, 3.8) is 0 Å². The molecule has 1 saturated heterocycles. The molecule has 0 atom stereocenters. The molecule has 0 saturated carbocycles. The first kappa shape index (κ1) is 11.4. The minimum atomic E-state index is 0.127. The van der Waals surface area contributed by atoms with Gasteiger partial charge in [0.1, 0.15) is 4.83 Å². The van der Waals surface area contributed by atoms with Crippen molar-refractivity contribution in [2.24, 2.45) is 0 Å². The molecular formula is C12H14N4OS. The molecule has 0 bridgehead atoms. The molecule has 3 rings (SSSR count). The van der Waals surface area contributed by atoms with E-state index >= 15 is 0 Å².